The van der Waals surface area contributed by atoms with Gasteiger partial charge in [0.15, 0.2) is 0 Å². The van der Waals surface area contributed by atoms with Gasteiger partial charge in [-0.1, -0.05) is 53.2 Å². The summed E-state index contributed by atoms with van der Waals surface area (Å²) in [4.78, 5) is 12.3. The highest BCUT2D eigenvalue weighted by atomic mass is 79.9. The number of anilines is 1. The molecule has 0 spiro atoms. The monoisotopic (exact) mass is 331 g/mol. The first-order chi connectivity index (χ1) is 9.61. The summed E-state index contributed by atoms with van der Waals surface area (Å²) < 4.78 is 1.03. The van der Waals surface area contributed by atoms with Crippen LogP contribution < -0.4 is 5.32 Å². The second kappa shape index (κ2) is 6.71. The zero-order valence-corrected chi connectivity index (χ0v) is 13.3. The first-order valence-corrected chi connectivity index (χ1v) is 7.55. The Kier molecular flexibility index (Phi) is 4.96. The molecule has 1 N–H and O–H groups in total. The Morgan fingerprint density at radius 2 is 1.90 bits per heavy atom. The van der Waals surface area contributed by atoms with Crippen molar-refractivity contribution in [1.29, 1.82) is 0 Å². The van der Waals surface area contributed by atoms with E-state index in [1.807, 2.05) is 55.5 Å². The van der Waals surface area contributed by atoms with Gasteiger partial charge in [-0.05, 0) is 42.7 Å². The molecular formula is C17H18BrNO. The number of hydrogen-bond donors (Lipinski definition) is 1. The molecule has 0 radical (unpaired) electrons. The van der Waals surface area contributed by atoms with Gasteiger partial charge < -0.3 is 5.32 Å². The van der Waals surface area contributed by atoms with Gasteiger partial charge in [0.05, 0.1) is 5.92 Å². The summed E-state index contributed by atoms with van der Waals surface area (Å²) in [5.74, 6) is -0.141. The molecule has 0 aliphatic rings. The number of hydrogen-bond acceptors (Lipinski definition) is 1. The zero-order chi connectivity index (χ0) is 14.5. The van der Waals surface area contributed by atoms with Crippen LogP contribution in [0.2, 0.25) is 0 Å². The highest BCUT2D eigenvalue weighted by Gasteiger charge is 2.16. The number of aryl methyl sites for hydroxylation is 1. The lowest BCUT2D eigenvalue weighted by molar-refractivity contribution is -0.117. The van der Waals surface area contributed by atoms with Gasteiger partial charge in [0, 0.05) is 10.2 Å². The molecule has 1 unspecified atom stereocenters. The molecule has 20 heavy (non-hydrogen) atoms. The second-order valence-corrected chi connectivity index (χ2v) is 5.69. The number of amides is 1. The highest BCUT2D eigenvalue weighted by molar-refractivity contribution is 9.10. The van der Waals surface area contributed by atoms with Crippen molar-refractivity contribution < 1.29 is 4.79 Å². The number of benzene rings is 2. The number of halogens is 1. The molecule has 104 valence electrons. The molecule has 0 saturated carbocycles. The van der Waals surface area contributed by atoms with Crippen molar-refractivity contribution in [2.45, 2.75) is 26.2 Å². The molecule has 0 bridgehead atoms. The van der Waals surface area contributed by atoms with Crippen LogP contribution >= 0.6 is 15.9 Å². The quantitative estimate of drug-likeness (QED) is 0.860. The summed E-state index contributed by atoms with van der Waals surface area (Å²) in [7, 11) is 0. The van der Waals surface area contributed by atoms with Gasteiger partial charge in [-0.15, -0.1) is 0 Å². The third kappa shape index (κ3) is 3.48. The maximum atomic E-state index is 12.3. The number of carbonyl (C=O) groups is 1. The molecular weight excluding hydrogens is 314 g/mol. The van der Waals surface area contributed by atoms with Crippen molar-refractivity contribution in [3.63, 3.8) is 0 Å². The maximum Gasteiger partial charge on any atom is 0.231 e. The lowest BCUT2D eigenvalue weighted by Crippen LogP contribution is -2.19. The molecule has 3 heteroatoms. The van der Waals surface area contributed by atoms with E-state index in [1.54, 1.807) is 0 Å². The molecule has 2 rings (SSSR count). The fourth-order valence-electron chi connectivity index (χ4n) is 2.11. The van der Waals surface area contributed by atoms with Crippen LogP contribution in [0.3, 0.4) is 0 Å². The minimum Gasteiger partial charge on any atom is -0.325 e. The maximum absolute atomic E-state index is 12.3. The van der Waals surface area contributed by atoms with E-state index in [4.69, 9.17) is 0 Å². The Balaban J connectivity index is 2.16. The van der Waals surface area contributed by atoms with Crippen LogP contribution in [0.15, 0.2) is 53.0 Å². The van der Waals surface area contributed by atoms with E-state index in [9.17, 15) is 4.79 Å². The van der Waals surface area contributed by atoms with E-state index in [1.165, 1.54) is 0 Å². The lowest BCUT2D eigenvalue weighted by Gasteiger charge is -2.15. The standard InChI is InChI=1S/C17H18BrNO/c1-3-13-11-15(18)9-10-16(13)19-17(20)12(2)14-7-5-4-6-8-14/h4-12H,3H2,1-2H3,(H,19,20). The molecule has 2 nitrogen and oxygen atoms in total. The molecule has 0 aliphatic heterocycles. The minimum absolute atomic E-state index is 0.0215. The summed E-state index contributed by atoms with van der Waals surface area (Å²) in [5.41, 5.74) is 3.05. The third-order valence-corrected chi connectivity index (χ3v) is 3.89. The van der Waals surface area contributed by atoms with E-state index >= 15 is 0 Å². The summed E-state index contributed by atoms with van der Waals surface area (Å²) >= 11 is 3.46. The van der Waals surface area contributed by atoms with Gasteiger partial charge in [-0.2, -0.15) is 0 Å². The van der Waals surface area contributed by atoms with Crippen molar-refractivity contribution in [2.75, 3.05) is 5.32 Å². The normalized spacial score (nSPS) is 11.9. The Morgan fingerprint density at radius 3 is 2.55 bits per heavy atom. The fourth-order valence-corrected chi connectivity index (χ4v) is 2.52. The largest absolute Gasteiger partial charge is 0.325 e. The molecule has 0 fully saturated rings. The van der Waals surface area contributed by atoms with Crippen LogP contribution in [-0.2, 0) is 11.2 Å². The Labute approximate surface area is 128 Å². The summed E-state index contributed by atoms with van der Waals surface area (Å²) in [6.45, 7) is 4.01. The lowest BCUT2D eigenvalue weighted by atomic mass is 10.00. The number of carbonyl (C=O) groups excluding carboxylic acids is 1. The summed E-state index contributed by atoms with van der Waals surface area (Å²) in [5, 5.41) is 3.03. The van der Waals surface area contributed by atoms with Gasteiger partial charge in [0.2, 0.25) is 5.91 Å². The van der Waals surface area contributed by atoms with E-state index in [-0.39, 0.29) is 11.8 Å². The fraction of sp³-hybridized carbons (Fsp3) is 0.235. The van der Waals surface area contributed by atoms with Crippen LogP contribution in [0.1, 0.15) is 30.9 Å². The van der Waals surface area contributed by atoms with E-state index < -0.39 is 0 Å². The highest BCUT2D eigenvalue weighted by Crippen LogP contribution is 2.23. The number of rotatable bonds is 4. The molecule has 1 atom stereocenters. The van der Waals surface area contributed by atoms with Crippen molar-refractivity contribution in [2.24, 2.45) is 0 Å². The molecule has 2 aromatic carbocycles. The number of nitrogens with one attached hydrogen (secondary N) is 1. The molecule has 0 aromatic heterocycles. The Morgan fingerprint density at radius 1 is 1.20 bits per heavy atom. The third-order valence-electron chi connectivity index (χ3n) is 3.40. The first kappa shape index (κ1) is 14.8. The predicted molar refractivity (Wildman–Crippen MR) is 87.0 cm³/mol. The molecule has 1 amide bonds. The molecule has 0 saturated heterocycles. The average molecular weight is 332 g/mol. The van der Waals surface area contributed by atoms with Gasteiger partial charge in [-0.25, -0.2) is 0 Å². The topological polar surface area (TPSA) is 29.1 Å². The Hall–Kier alpha value is -1.61. The Bertz CT molecular complexity index is 595. The van der Waals surface area contributed by atoms with Gasteiger partial charge >= 0.3 is 0 Å². The average Bonchev–Trinajstić information content (AvgIpc) is 2.49. The minimum atomic E-state index is -0.162. The van der Waals surface area contributed by atoms with Crippen molar-refractivity contribution >= 4 is 27.5 Å². The van der Waals surface area contributed by atoms with Crippen molar-refractivity contribution in [3.8, 4) is 0 Å². The molecule has 0 heterocycles. The zero-order valence-electron chi connectivity index (χ0n) is 11.7. The van der Waals surface area contributed by atoms with Crippen molar-refractivity contribution in [3.05, 3.63) is 64.1 Å². The molecule has 2 aromatic rings. The van der Waals surface area contributed by atoms with Crippen LogP contribution in [-0.4, -0.2) is 5.91 Å². The summed E-state index contributed by atoms with van der Waals surface area (Å²) in [6, 6.07) is 15.8. The smallest absolute Gasteiger partial charge is 0.231 e. The van der Waals surface area contributed by atoms with E-state index in [0.29, 0.717) is 0 Å². The van der Waals surface area contributed by atoms with E-state index in [2.05, 4.69) is 28.2 Å². The van der Waals surface area contributed by atoms with Crippen LogP contribution in [0.4, 0.5) is 5.69 Å². The SMILES string of the molecule is CCc1cc(Br)ccc1NC(=O)C(C)c1ccccc1. The first-order valence-electron chi connectivity index (χ1n) is 6.76. The summed E-state index contributed by atoms with van der Waals surface area (Å²) in [6.07, 6.45) is 0.884. The van der Waals surface area contributed by atoms with Crippen molar-refractivity contribution in [1.82, 2.24) is 0 Å². The van der Waals surface area contributed by atoms with Crippen LogP contribution in [0.5, 0.6) is 0 Å². The van der Waals surface area contributed by atoms with Gasteiger partial charge in [0.1, 0.15) is 0 Å². The van der Waals surface area contributed by atoms with Gasteiger partial charge in [0.25, 0.3) is 0 Å². The second-order valence-electron chi connectivity index (χ2n) is 4.78. The van der Waals surface area contributed by atoms with Gasteiger partial charge in [-0.3, -0.25) is 4.79 Å². The van der Waals surface area contributed by atoms with Crippen LogP contribution in [0.25, 0.3) is 0 Å². The predicted octanol–water partition coefficient (Wildman–Crippen LogP) is 4.75. The molecule has 0 aliphatic carbocycles. The van der Waals surface area contributed by atoms with E-state index in [0.717, 1.165) is 27.7 Å². The van der Waals surface area contributed by atoms with Crippen LogP contribution in [0, 0.1) is 0 Å².